The number of ether oxygens (including phenoxy) is 1. The highest BCUT2D eigenvalue weighted by Gasteiger charge is 2.26. The van der Waals surface area contributed by atoms with E-state index in [9.17, 15) is 0 Å². The van der Waals surface area contributed by atoms with Crippen molar-refractivity contribution < 1.29 is 9.26 Å². The molecule has 0 saturated carbocycles. The maximum atomic E-state index is 5.54. The number of hydrogen-bond donors (Lipinski definition) is 0. The van der Waals surface area contributed by atoms with Crippen LogP contribution < -0.4 is 9.64 Å². The lowest BCUT2D eigenvalue weighted by atomic mass is 9.96. The zero-order valence-corrected chi connectivity index (χ0v) is 16.2. The van der Waals surface area contributed by atoms with Crippen LogP contribution >= 0.6 is 0 Å². The highest BCUT2D eigenvalue weighted by atomic mass is 16.5. The van der Waals surface area contributed by atoms with Gasteiger partial charge in [0.2, 0.25) is 11.7 Å². The molecule has 0 unspecified atom stereocenters. The summed E-state index contributed by atoms with van der Waals surface area (Å²) in [5.74, 6) is 3.27. The minimum atomic E-state index is 0.256. The zero-order chi connectivity index (χ0) is 19.6. The Balaban J connectivity index is 1.31. The Kier molecular flexibility index (Phi) is 4.56. The van der Waals surface area contributed by atoms with Crippen LogP contribution in [-0.2, 0) is 0 Å². The van der Waals surface area contributed by atoms with Gasteiger partial charge >= 0.3 is 0 Å². The molecule has 3 aromatic heterocycles. The number of benzene rings is 1. The molecule has 4 heterocycles. The summed E-state index contributed by atoms with van der Waals surface area (Å²) in [6, 6.07) is 15.8. The number of piperidine rings is 1. The summed E-state index contributed by atoms with van der Waals surface area (Å²) in [6.45, 7) is 1.78. The van der Waals surface area contributed by atoms with E-state index in [1.165, 1.54) is 0 Å². The Hall–Kier alpha value is -3.48. The molecule has 1 aromatic carbocycles. The van der Waals surface area contributed by atoms with E-state index in [2.05, 4.69) is 38.2 Å². The predicted molar refractivity (Wildman–Crippen MR) is 110 cm³/mol. The standard InChI is InChI=1S/C22H21N5O2/c1-28-18-7-4-5-15-8-9-19(24-20(15)18)27-13-10-16(11-14-27)22-25-21(26-29-22)17-6-2-3-12-23-17/h2-9,12,16H,10-11,13-14H2,1H3. The Morgan fingerprint density at radius 3 is 2.69 bits per heavy atom. The Labute approximate surface area is 168 Å². The Morgan fingerprint density at radius 1 is 1.00 bits per heavy atom. The van der Waals surface area contributed by atoms with Gasteiger partial charge < -0.3 is 14.2 Å². The summed E-state index contributed by atoms with van der Waals surface area (Å²) in [4.78, 5) is 16.0. The van der Waals surface area contributed by atoms with Crippen molar-refractivity contribution in [2.24, 2.45) is 0 Å². The van der Waals surface area contributed by atoms with Gasteiger partial charge in [-0.15, -0.1) is 0 Å². The molecule has 4 aromatic rings. The molecule has 5 rings (SSSR count). The summed E-state index contributed by atoms with van der Waals surface area (Å²) in [6.07, 6.45) is 3.61. The number of aromatic nitrogens is 4. The summed E-state index contributed by atoms with van der Waals surface area (Å²) < 4.78 is 11.0. The highest BCUT2D eigenvalue weighted by molar-refractivity contribution is 5.86. The number of methoxy groups -OCH3 is 1. The van der Waals surface area contributed by atoms with Gasteiger partial charge in [0.1, 0.15) is 22.8 Å². The Morgan fingerprint density at radius 2 is 1.90 bits per heavy atom. The van der Waals surface area contributed by atoms with Gasteiger partial charge in [0.05, 0.1) is 7.11 Å². The monoisotopic (exact) mass is 387 g/mol. The van der Waals surface area contributed by atoms with Crippen molar-refractivity contribution in [1.82, 2.24) is 20.1 Å². The van der Waals surface area contributed by atoms with E-state index in [1.807, 2.05) is 30.3 Å². The zero-order valence-electron chi connectivity index (χ0n) is 16.2. The third kappa shape index (κ3) is 3.40. The topological polar surface area (TPSA) is 77.2 Å². The molecule has 0 radical (unpaired) electrons. The average Bonchev–Trinajstić information content (AvgIpc) is 3.29. The molecule has 0 atom stereocenters. The maximum Gasteiger partial charge on any atom is 0.230 e. The van der Waals surface area contributed by atoms with Crippen LogP contribution in [0.1, 0.15) is 24.7 Å². The summed E-state index contributed by atoms with van der Waals surface area (Å²) in [5.41, 5.74) is 1.63. The van der Waals surface area contributed by atoms with Crippen molar-refractivity contribution in [2.45, 2.75) is 18.8 Å². The number of fused-ring (bicyclic) bond motifs is 1. The first-order valence-corrected chi connectivity index (χ1v) is 9.75. The van der Waals surface area contributed by atoms with Crippen LogP contribution in [0.3, 0.4) is 0 Å². The lowest BCUT2D eigenvalue weighted by molar-refractivity contribution is 0.329. The van der Waals surface area contributed by atoms with E-state index >= 15 is 0 Å². The molecule has 7 heteroatoms. The van der Waals surface area contributed by atoms with Crippen molar-refractivity contribution >= 4 is 16.7 Å². The third-order valence-corrected chi connectivity index (χ3v) is 5.39. The van der Waals surface area contributed by atoms with Crippen LogP contribution in [0.25, 0.3) is 22.4 Å². The van der Waals surface area contributed by atoms with Crippen LogP contribution in [0, 0.1) is 0 Å². The SMILES string of the molecule is COc1cccc2ccc(N3CCC(c4nc(-c5ccccn5)no4)CC3)nc12. The minimum absolute atomic E-state index is 0.256. The molecule has 0 bridgehead atoms. The molecule has 1 fully saturated rings. The molecule has 0 aliphatic carbocycles. The quantitative estimate of drug-likeness (QED) is 0.522. The summed E-state index contributed by atoms with van der Waals surface area (Å²) in [7, 11) is 1.68. The van der Waals surface area contributed by atoms with Gasteiger partial charge in [-0.1, -0.05) is 23.4 Å². The molecule has 29 heavy (non-hydrogen) atoms. The summed E-state index contributed by atoms with van der Waals surface area (Å²) in [5, 5.41) is 5.18. The number of anilines is 1. The number of pyridine rings is 2. The van der Waals surface area contributed by atoms with Crippen molar-refractivity contribution in [2.75, 3.05) is 25.1 Å². The van der Waals surface area contributed by atoms with Gasteiger partial charge in [0.15, 0.2) is 0 Å². The molecule has 146 valence electrons. The van der Waals surface area contributed by atoms with Gasteiger partial charge in [-0.25, -0.2) is 4.98 Å². The second kappa shape index (κ2) is 7.50. The van der Waals surface area contributed by atoms with Crippen LogP contribution in [-0.4, -0.2) is 40.3 Å². The lowest BCUT2D eigenvalue weighted by Gasteiger charge is -2.31. The fourth-order valence-electron chi connectivity index (χ4n) is 3.81. The fraction of sp³-hybridized carbons (Fsp3) is 0.273. The highest BCUT2D eigenvalue weighted by Crippen LogP contribution is 2.32. The predicted octanol–water partition coefficient (Wildman–Crippen LogP) is 4.07. The largest absolute Gasteiger partial charge is 0.494 e. The number of hydrogen-bond acceptors (Lipinski definition) is 7. The molecule has 7 nitrogen and oxygen atoms in total. The second-order valence-electron chi connectivity index (χ2n) is 7.13. The number of rotatable bonds is 4. The van der Waals surface area contributed by atoms with Crippen LogP contribution in [0.4, 0.5) is 5.82 Å². The third-order valence-electron chi connectivity index (χ3n) is 5.39. The molecule has 0 N–H and O–H groups in total. The molecule has 1 aliphatic rings. The molecule has 0 spiro atoms. The van der Waals surface area contributed by atoms with E-state index in [4.69, 9.17) is 14.2 Å². The van der Waals surface area contributed by atoms with E-state index in [0.717, 1.165) is 54.1 Å². The van der Waals surface area contributed by atoms with Crippen LogP contribution in [0.2, 0.25) is 0 Å². The molecular formula is C22H21N5O2. The first-order chi connectivity index (χ1) is 14.3. The number of para-hydroxylation sites is 1. The van der Waals surface area contributed by atoms with Crippen LogP contribution in [0.15, 0.2) is 59.3 Å². The molecular weight excluding hydrogens is 366 g/mol. The summed E-state index contributed by atoms with van der Waals surface area (Å²) >= 11 is 0. The molecule has 1 aliphatic heterocycles. The van der Waals surface area contributed by atoms with Gasteiger partial charge in [-0.05, 0) is 43.2 Å². The maximum absolute atomic E-state index is 5.54. The van der Waals surface area contributed by atoms with Crippen molar-refractivity contribution in [3.8, 4) is 17.3 Å². The van der Waals surface area contributed by atoms with Crippen molar-refractivity contribution in [3.63, 3.8) is 0 Å². The first kappa shape index (κ1) is 17.6. The molecule has 1 saturated heterocycles. The van der Waals surface area contributed by atoms with Crippen molar-refractivity contribution in [3.05, 3.63) is 60.6 Å². The van der Waals surface area contributed by atoms with E-state index < -0.39 is 0 Å². The smallest absolute Gasteiger partial charge is 0.230 e. The fourth-order valence-corrected chi connectivity index (χ4v) is 3.81. The van der Waals surface area contributed by atoms with E-state index in [0.29, 0.717) is 11.7 Å². The average molecular weight is 387 g/mol. The first-order valence-electron chi connectivity index (χ1n) is 9.75. The van der Waals surface area contributed by atoms with Crippen LogP contribution in [0.5, 0.6) is 5.75 Å². The van der Waals surface area contributed by atoms with Gasteiger partial charge in [0, 0.05) is 30.6 Å². The normalized spacial score (nSPS) is 15.0. The van der Waals surface area contributed by atoms with Gasteiger partial charge in [-0.3, -0.25) is 4.98 Å². The Bertz CT molecular complexity index is 1120. The van der Waals surface area contributed by atoms with E-state index in [1.54, 1.807) is 13.3 Å². The lowest BCUT2D eigenvalue weighted by Crippen LogP contribution is -2.33. The molecule has 0 amide bonds. The second-order valence-corrected chi connectivity index (χ2v) is 7.13. The van der Waals surface area contributed by atoms with E-state index in [-0.39, 0.29) is 5.92 Å². The van der Waals surface area contributed by atoms with Gasteiger partial charge in [-0.2, -0.15) is 4.98 Å². The minimum Gasteiger partial charge on any atom is -0.494 e. The number of nitrogens with zero attached hydrogens (tertiary/aromatic N) is 5. The van der Waals surface area contributed by atoms with Gasteiger partial charge in [0.25, 0.3) is 0 Å². The van der Waals surface area contributed by atoms with Crippen molar-refractivity contribution in [1.29, 1.82) is 0 Å².